The lowest BCUT2D eigenvalue weighted by Gasteiger charge is -2.15. The van der Waals surface area contributed by atoms with E-state index in [0.29, 0.717) is 5.69 Å². The summed E-state index contributed by atoms with van der Waals surface area (Å²) in [7, 11) is 0. The van der Waals surface area contributed by atoms with Gasteiger partial charge in [0.15, 0.2) is 0 Å². The highest BCUT2D eigenvalue weighted by Crippen LogP contribution is 2.30. The molecule has 0 bridgehead atoms. The van der Waals surface area contributed by atoms with Crippen molar-refractivity contribution in [2.75, 3.05) is 10.7 Å². The number of nitrogens with zero attached hydrogens (tertiary/aromatic N) is 1. The molecule has 0 spiro atoms. The Balaban J connectivity index is 2.08. The van der Waals surface area contributed by atoms with E-state index in [-0.39, 0.29) is 24.0 Å². The van der Waals surface area contributed by atoms with Crippen molar-refractivity contribution in [2.24, 2.45) is 5.73 Å². The molecule has 112 valence electrons. The maximum atomic E-state index is 12.3. The Morgan fingerprint density at radius 2 is 2.24 bits per heavy atom. The highest BCUT2D eigenvalue weighted by Gasteiger charge is 2.40. The van der Waals surface area contributed by atoms with E-state index >= 15 is 0 Å². The number of hydrogen-bond donors (Lipinski definition) is 2. The minimum absolute atomic E-state index is 0.0732. The predicted octanol–water partition coefficient (Wildman–Crippen LogP) is 0.772. The van der Waals surface area contributed by atoms with Gasteiger partial charge >= 0.3 is 5.97 Å². The van der Waals surface area contributed by atoms with Crippen LogP contribution in [-0.2, 0) is 14.4 Å². The zero-order chi connectivity index (χ0) is 15.6. The third kappa shape index (κ3) is 3.43. The molecule has 0 aromatic heterocycles. The Kier molecular flexibility index (Phi) is 4.64. The number of thioether (sulfide) groups is 1. The van der Waals surface area contributed by atoms with Crippen molar-refractivity contribution in [3.05, 3.63) is 29.8 Å². The van der Waals surface area contributed by atoms with Crippen LogP contribution in [0.25, 0.3) is 0 Å². The molecule has 2 rings (SSSR count). The summed E-state index contributed by atoms with van der Waals surface area (Å²) in [4.78, 5) is 36.2. The van der Waals surface area contributed by atoms with Crippen LogP contribution in [0.15, 0.2) is 24.3 Å². The minimum atomic E-state index is -1.12. The molecule has 1 heterocycles. The molecule has 1 aliphatic heterocycles. The molecule has 2 atom stereocenters. The van der Waals surface area contributed by atoms with Crippen molar-refractivity contribution in [3.63, 3.8) is 0 Å². The first-order valence-corrected chi connectivity index (χ1v) is 7.48. The monoisotopic (exact) mass is 308 g/mol. The molecule has 0 aliphatic carbocycles. The van der Waals surface area contributed by atoms with Crippen LogP contribution >= 0.6 is 11.8 Å². The third-order valence-electron chi connectivity index (χ3n) is 3.16. The summed E-state index contributed by atoms with van der Waals surface area (Å²) in [6.45, 7) is 1.88. The summed E-state index contributed by atoms with van der Waals surface area (Å²) in [5, 5.41) is 8.17. The Bertz CT molecular complexity index is 590. The Labute approximate surface area is 126 Å². The van der Waals surface area contributed by atoms with Gasteiger partial charge in [-0.3, -0.25) is 14.4 Å². The Morgan fingerprint density at radius 1 is 1.52 bits per heavy atom. The number of carboxylic acids is 1. The van der Waals surface area contributed by atoms with E-state index in [9.17, 15) is 14.4 Å². The van der Waals surface area contributed by atoms with Gasteiger partial charge < -0.3 is 10.8 Å². The van der Waals surface area contributed by atoms with Crippen molar-refractivity contribution in [1.82, 2.24) is 0 Å². The molecule has 6 nitrogen and oxygen atoms in total. The first-order chi connectivity index (χ1) is 9.90. The second-order valence-corrected chi connectivity index (χ2v) is 6.11. The van der Waals surface area contributed by atoms with Crippen molar-refractivity contribution in [1.29, 1.82) is 0 Å². The molecule has 1 fully saturated rings. The fraction of sp³-hybridized carbons (Fsp3) is 0.357. The topological polar surface area (TPSA) is 101 Å². The second-order valence-electron chi connectivity index (χ2n) is 4.88. The van der Waals surface area contributed by atoms with Crippen LogP contribution in [-0.4, -0.2) is 39.9 Å². The maximum absolute atomic E-state index is 12.3. The second kappa shape index (κ2) is 6.28. The summed E-state index contributed by atoms with van der Waals surface area (Å²) in [6, 6.07) is 6.11. The van der Waals surface area contributed by atoms with E-state index in [1.807, 2.05) is 13.0 Å². The third-order valence-corrected chi connectivity index (χ3v) is 4.48. The number of carbonyl (C=O) groups is 3. The molecule has 7 heteroatoms. The summed E-state index contributed by atoms with van der Waals surface area (Å²) in [5.41, 5.74) is 6.92. The van der Waals surface area contributed by atoms with Gasteiger partial charge in [-0.2, -0.15) is 0 Å². The molecule has 1 aliphatic rings. The smallest absolute Gasteiger partial charge is 0.321 e. The summed E-state index contributed by atoms with van der Waals surface area (Å²) in [6.07, 6.45) is 0.0732. The predicted molar refractivity (Wildman–Crippen MR) is 80.1 cm³/mol. The number of imide groups is 1. The molecule has 0 unspecified atom stereocenters. The number of carbonyl (C=O) groups excluding carboxylic acids is 2. The van der Waals surface area contributed by atoms with E-state index < -0.39 is 17.3 Å². The fourth-order valence-corrected chi connectivity index (χ4v) is 3.15. The number of anilines is 1. The standard InChI is InChI=1S/C14H16N2O4S/c1-8-3-2-4-9(5-8)16-12(17)6-11(13(16)18)21-7-10(15)14(19)20/h2-5,10-11H,6-7,15H2,1H3,(H,19,20)/t10-,11+/m1/s1. The quantitative estimate of drug-likeness (QED) is 0.779. The van der Waals surface area contributed by atoms with E-state index in [2.05, 4.69) is 0 Å². The van der Waals surface area contributed by atoms with E-state index in [1.54, 1.807) is 18.2 Å². The van der Waals surface area contributed by atoms with Gasteiger partial charge in [0.25, 0.3) is 0 Å². The lowest BCUT2D eigenvalue weighted by molar-refractivity contribution is -0.138. The number of carboxylic acid groups (broad SMARTS) is 1. The average molecular weight is 308 g/mol. The lowest BCUT2D eigenvalue weighted by atomic mass is 10.2. The largest absolute Gasteiger partial charge is 0.480 e. The van der Waals surface area contributed by atoms with Crippen LogP contribution < -0.4 is 10.6 Å². The van der Waals surface area contributed by atoms with Crippen molar-refractivity contribution >= 4 is 35.2 Å². The van der Waals surface area contributed by atoms with Gasteiger partial charge in [-0.05, 0) is 24.6 Å². The van der Waals surface area contributed by atoms with Gasteiger partial charge in [-0.25, -0.2) is 4.90 Å². The number of aliphatic carboxylic acids is 1. The van der Waals surface area contributed by atoms with Gasteiger partial charge in [0.05, 0.1) is 10.9 Å². The van der Waals surface area contributed by atoms with E-state index in [1.165, 1.54) is 0 Å². The van der Waals surface area contributed by atoms with Crippen LogP contribution in [0.2, 0.25) is 0 Å². The molecular weight excluding hydrogens is 292 g/mol. The molecule has 0 radical (unpaired) electrons. The number of rotatable bonds is 5. The minimum Gasteiger partial charge on any atom is -0.480 e. The molecule has 21 heavy (non-hydrogen) atoms. The first-order valence-electron chi connectivity index (χ1n) is 6.43. The lowest BCUT2D eigenvalue weighted by Crippen LogP contribution is -2.35. The molecular formula is C14H16N2O4S. The van der Waals surface area contributed by atoms with Gasteiger partial charge in [-0.1, -0.05) is 12.1 Å². The molecule has 1 saturated heterocycles. The van der Waals surface area contributed by atoms with Crippen molar-refractivity contribution < 1.29 is 19.5 Å². The Morgan fingerprint density at radius 3 is 2.86 bits per heavy atom. The highest BCUT2D eigenvalue weighted by atomic mass is 32.2. The summed E-state index contributed by atoms with van der Waals surface area (Å²) < 4.78 is 0. The normalized spacial score (nSPS) is 19.9. The van der Waals surface area contributed by atoms with Gasteiger partial charge in [0.1, 0.15) is 6.04 Å². The van der Waals surface area contributed by atoms with Crippen LogP contribution in [0.3, 0.4) is 0 Å². The maximum Gasteiger partial charge on any atom is 0.321 e. The zero-order valence-corrected chi connectivity index (χ0v) is 12.3. The van der Waals surface area contributed by atoms with Gasteiger partial charge in [0.2, 0.25) is 11.8 Å². The number of aryl methyl sites for hydroxylation is 1. The number of hydrogen-bond acceptors (Lipinski definition) is 5. The first kappa shape index (κ1) is 15.5. The van der Waals surface area contributed by atoms with Gasteiger partial charge in [-0.15, -0.1) is 11.8 Å². The van der Waals surface area contributed by atoms with E-state index in [4.69, 9.17) is 10.8 Å². The summed E-state index contributed by atoms with van der Waals surface area (Å²) in [5.74, 6) is -1.60. The molecule has 2 amide bonds. The summed E-state index contributed by atoms with van der Waals surface area (Å²) >= 11 is 1.12. The Hall–Kier alpha value is -1.86. The van der Waals surface area contributed by atoms with Gasteiger partial charge in [0, 0.05) is 12.2 Å². The van der Waals surface area contributed by atoms with Crippen molar-refractivity contribution in [2.45, 2.75) is 24.6 Å². The number of benzene rings is 1. The average Bonchev–Trinajstić information content (AvgIpc) is 2.70. The fourth-order valence-electron chi connectivity index (χ4n) is 2.06. The molecule has 1 aromatic rings. The SMILES string of the molecule is Cc1cccc(N2C(=O)C[C@H](SC[C@@H](N)C(=O)O)C2=O)c1. The van der Waals surface area contributed by atoms with Crippen LogP contribution in [0, 0.1) is 6.92 Å². The van der Waals surface area contributed by atoms with E-state index in [0.717, 1.165) is 22.2 Å². The van der Waals surface area contributed by atoms with Crippen LogP contribution in [0.4, 0.5) is 5.69 Å². The molecule has 0 saturated carbocycles. The van der Waals surface area contributed by atoms with Crippen molar-refractivity contribution in [3.8, 4) is 0 Å². The molecule has 1 aromatic carbocycles. The number of amides is 2. The number of nitrogens with two attached hydrogens (primary N) is 1. The zero-order valence-electron chi connectivity index (χ0n) is 11.5. The highest BCUT2D eigenvalue weighted by molar-refractivity contribution is 8.00. The van der Waals surface area contributed by atoms with Crippen LogP contribution in [0.5, 0.6) is 0 Å². The van der Waals surface area contributed by atoms with Crippen LogP contribution in [0.1, 0.15) is 12.0 Å². The molecule has 3 N–H and O–H groups in total.